The third-order valence-electron chi connectivity index (χ3n) is 6.27. The van der Waals surface area contributed by atoms with Crippen LogP contribution in [0.2, 0.25) is 0 Å². The van der Waals surface area contributed by atoms with Crippen LogP contribution in [0.25, 0.3) is 33.5 Å². The Kier molecular flexibility index (Phi) is 6.55. The van der Waals surface area contributed by atoms with E-state index < -0.39 is 0 Å². The number of nitrogens with zero attached hydrogens (tertiary/aromatic N) is 3. The lowest BCUT2D eigenvalue weighted by molar-refractivity contribution is 0.0940. The highest BCUT2D eigenvalue weighted by Gasteiger charge is 2.16. The Labute approximate surface area is 214 Å². The number of aryl methyl sites for hydroxylation is 1. The molecule has 3 aromatic heterocycles. The first-order chi connectivity index (χ1) is 17.9. The molecule has 1 atom stereocenters. The van der Waals surface area contributed by atoms with Gasteiger partial charge in [-0.25, -0.2) is 9.97 Å². The number of methoxy groups -OCH3 is 1. The lowest BCUT2D eigenvalue weighted by atomic mass is 10.0. The molecule has 186 valence electrons. The van der Waals surface area contributed by atoms with Gasteiger partial charge in [-0.15, -0.1) is 0 Å². The number of hydrogen-bond donors (Lipinski definition) is 3. The zero-order valence-electron chi connectivity index (χ0n) is 20.8. The van der Waals surface area contributed by atoms with Gasteiger partial charge in [-0.05, 0) is 73.5 Å². The molecule has 5 aromatic rings. The summed E-state index contributed by atoms with van der Waals surface area (Å²) in [5.41, 5.74) is 6.13. The molecule has 0 aliphatic rings. The van der Waals surface area contributed by atoms with Gasteiger partial charge in [0.1, 0.15) is 11.6 Å². The van der Waals surface area contributed by atoms with Gasteiger partial charge in [-0.1, -0.05) is 12.1 Å². The Balaban J connectivity index is 1.39. The highest BCUT2D eigenvalue weighted by atomic mass is 16.5. The molecule has 0 radical (unpaired) electrons. The molecule has 8 heteroatoms. The van der Waals surface area contributed by atoms with Crippen LogP contribution in [-0.4, -0.2) is 44.1 Å². The molecule has 1 unspecified atom stereocenters. The molecule has 3 N–H and O–H groups in total. The van der Waals surface area contributed by atoms with Gasteiger partial charge in [0.15, 0.2) is 0 Å². The molecular formula is C29H27N5O3. The van der Waals surface area contributed by atoms with E-state index in [2.05, 4.69) is 25.3 Å². The normalized spacial score (nSPS) is 11.9. The number of nitrogens with one attached hydrogen (secondary N) is 2. The number of carbonyl (C=O) groups is 1. The number of carbonyl (C=O) groups excluding carboxylic acids is 1. The number of phenolic OH excluding ortho intramolecular Hbond substituents is 1. The number of fused-ring (bicyclic) bond motifs is 1. The fraction of sp³-hybridized carbons (Fsp3) is 0.172. The summed E-state index contributed by atoms with van der Waals surface area (Å²) < 4.78 is 5.39. The van der Waals surface area contributed by atoms with Crippen LogP contribution in [0, 0.1) is 6.92 Å². The van der Waals surface area contributed by atoms with Gasteiger partial charge in [0.05, 0.1) is 23.7 Å². The summed E-state index contributed by atoms with van der Waals surface area (Å²) in [5, 5.41) is 13.6. The fourth-order valence-corrected chi connectivity index (χ4v) is 4.33. The molecule has 0 saturated carbocycles. The van der Waals surface area contributed by atoms with Crippen LogP contribution >= 0.6 is 0 Å². The third-order valence-corrected chi connectivity index (χ3v) is 6.27. The maximum Gasteiger partial charge on any atom is 0.251 e. The second kappa shape index (κ2) is 10.1. The first-order valence-corrected chi connectivity index (χ1v) is 12.0. The summed E-state index contributed by atoms with van der Waals surface area (Å²) in [7, 11) is 1.57. The summed E-state index contributed by atoms with van der Waals surface area (Å²) in [6.07, 6.45) is 4.07. The number of benzene rings is 2. The highest BCUT2D eigenvalue weighted by molar-refractivity contribution is 5.98. The topological polar surface area (TPSA) is 113 Å². The van der Waals surface area contributed by atoms with E-state index in [0.29, 0.717) is 40.3 Å². The van der Waals surface area contributed by atoms with Crippen molar-refractivity contribution in [1.82, 2.24) is 25.3 Å². The van der Waals surface area contributed by atoms with Crippen molar-refractivity contribution in [1.29, 1.82) is 0 Å². The Hall–Kier alpha value is -4.72. The molecule has 0 spiro atoms. The fourth-order valence-electron chi connectivity index (χ4n) is 4.33. The zero-order chi connectivity index (χ0) is 25.9. The van der Waals surface area contributed by atoms with Crippen LogP contribution in [0.15, 0.2) is 73.1 Å². The van der Waals surface area contributed by atoms with Crippen molar-refractivity contribution in [2.24, 2.45) is 0 Å². The van der Waals surface area contributed by atoms with E-state index in [1.165, 1.54) is 0 Å². The molecule has 0 aliphatic heterocycles. The molecule has 1 amide bonds. The van der Waals surface area contributed by atoms with E-state index >= 15 is 0 Å². The Morgan fingerprint density at radius 1 is 1.05 bits per heavy atom. The molecule has 0 fully saturated rings. The number of hydrogen-bond acceptors (Lipinski definition) is 6. The molecule has 3 heterocycles. The largest absolute Gasteiger partial charge is 0.507 e. The van der Waals surface area contributed by atoms with Crippen LogP contribution < -0.4 is 10.1 Å². The van der Waals surface area contributed by atoms with Crippen molar-refractivity contribution >= 4 is 16.9 Å². The standard InChI is InChI=1S/C29H27N5O3/c1-17-6-4-12-30-24(17)14-18(2)32-28(36)20-8-10-23-25(16-20)34-27(33-23)22-15-19(9-11-26(22)35)21-7-5-13-31-29(21)37-3/h4-13,15-16,18,35H,14H2,1-3H3,(H,32,36)(H,33,34). The molecule has 37 heavy (non-hydrogen) atoms. The molecule has 0 saturated heterocycles. The minimum absolute atomic E-state index is 0.0849. The third kappa shape index (κ3) is 4.99. The maximum atomic E-state index is 12.9. The SMILES string of the molecule is COc1ncccc1-c1ccc(O)c(-c2nc3ccc(C(=O)NC(C)Cc4ncccc4C)cc3[nH]2)c1. The van der Waals surface area contributed by atoms with Crippen molar-refractivity contribution in [3.63, 3.8) is 0 Å². The van der Waals surface area contributed by atoms with Gasteiger partial charge < -0.3 is 20.1 Å². The van der Waals surface area contributed by atoms with Crippen LogP contribution in [-0.2, 0) is 6.42 Å². The van der Waals surface area contributed by atoms with Gasteiger partial charge >= 0.3 is 0 Å². The number of phenols is 1. The van der Waals surface area contributed by atoms with E-state index in [1.54, 1.807) is 49.8 Å². The van der Waals surface area contributed by atoms with Crippen LogP contribution in [0.4, 0.5) is 0 Å². The summed E-state index contributed by atoms with van der Waals surface area (Å²) in [4.78, 5) is 29.5. The van der Waals surface area contributed by atoms with Crippen molar-refractivity contribution in [3.05, 3.63) is 89.9 Å². The zero-order valence-corrected chi connectivity index (χ0v) is 20.8. The van der Waals surface area contributed by atoms with E-state index in [9.17, 15) is 9.90 Å². The summed E-state index contributed by atoms with van der Waals surface area (Å²) >= 11 is 0. The molecule has 5 rings (SSSR count). The molecular weight excluding hydrogens is 466 g/mol. The average molecular weight is 494 g/mol. The second-order valence-corrected chi connectivity index (χ2v) is 8.96. The summed E-state index contributed by atoms with van der Waals surface area (Å²) in [6, 6.07) is 18.1. The molecule has 8 nitrogen and oxygen atoms in total. The number of ether oxygens (including phenoxy) is 1. The van der Waals surface area contributed by atoms with Crippen LogP contribution in [0.3, 0.4) is 0 Å². The van der Waals surface area contributed by atoms with Crippen LogP contribution in [0.1, 0.15) is 28.5 Å². The van der Waals surface area contributed by atoms with Gasteiger partial charge in [0, 0.05) is 41.7 Å². The van der Waals surface area contributed by atoms with E-state index in [0.717, 1.165) is 22.4 Å². The van der Waals surface area contributed by atoms with Crippen molar-refractivity contribution in [2.75, 3.05) is 7.11 Å². The van der Waals surface area contributed by atoms with Gasteiger partial charge in [0.25, 0.3) is 5.91 Å². The Bertz CT molecular complexity index is 1590. The number of aromatic hydroxyl groups is 1. The lowest BCUT2D eigenvalue weighted by Crippen LogP contribution is -2.34. The quantitative estimate of drug-likeness (QED) is 0.292. The van der Waals surface area contributed by atoms with E-state index in [-0.39, 0.29) is 17.7 Å². The van der Waals surface area contributed by atoms with Gasteiger partial charge in [0.2, 0.25) is 5.88 Å². The Morgan fingerprint density at radius 2 is 1.86 bits per heavy atom. The minimum Gasteiger partial charge on any atom is -0.507 e. The van der Waals surface area contributed by atoms with Gasteiger partial charge in [-0.3, -0.25) is 9.78 Å². The number of H-pyrrole nitrogens is 1. The number of imidazole rings is 1. The predicted molar refractivity (Wildman–Crippen MR) is 143 cm³/mol. The predicted octanol–water partition coefficient (Wildman–Crippen LogP) is 5.07. The Morgan fingerprint density at radius 3 is 2.68 bits per heavy atom. The monoisotopic (exact) mass is 493 g/mol. The molecule has 2 aromatic carbocycles. The number of rotatable bonds is 7. The van der Waals surface area contributed by atoms with E-state index in [4.69, 9.17) is 4.74 Å². The first kappa shape index (κ1) is 24.0. The second-order valence-electron chi connectivity index (χ2n) is 8.96. The number of pyridine rings is 2. The van der Waals surface area contributed by atoms with Gasteiger partial charge in [-0.2, -0.15) is 0 Å². The van der Waals surface area contributed by atoms with Crippen molar-refractivity contribution in [3.8, 4) is 34.1 Å². The smallest absolute Gasteiger partial charge is 0.251 e. The highest BCUT2D eigenvalue weighted by Crippen LogP contribution is 2.35. The molecule has 0 aliphatic carbocycles. The first-order valence-electron chi connectivity index (χ1n) is 12.0. The number of amides is 1. The minimum atomic E-state index is -0.173. The number of aromatic nitrogens is 4. The summed E-state index contributed by atoms with van der Waals surface area (Å²) in [5.74, 6) is 0.899. The average Bonchev–Trinajstić information content (AvgIpc) is 3.33. The van der Waals surface area contributed by atoms with E-state index in [1.807, 2.05) is 44.2 Å². The van der Waals surface area contributed by atoms with Crippen molar-refractivity contribution < 1.29 is 14.6 Å². The molecule has 0 bridgehead atoms. The van der Waals surface area contributed by atoms with Crippen molar-refractivity contribution in [2.45, 2.75) is 26.3 Å². The maximum absolute atomic E-state index is 12.9. The van der Waals surface area contributed by atoms with Crippen LogP contribution in [0.5, 0.6) is 11.6 Å². The lowest BCUT2D eigenvalue weighted by Gasteiger charge is -2.14. The summed E-state index contributed by atoms with van der Waals surface area (Å²) in [6.45, 7) is 3.98. The number of aromatic amines is 1.